The van der Waals surface area contributed by atoms with Crippen molar-refractivity contribution in [3.63, 3.8) is 0 Å². The van der Waals surface area contributed by atoms with E-state index in [4.69, 9.17) is 10.5 Å². The van der Waals surface area contributed by atoms with Crippen LogP contribution < -0.4 is 10.5 Å². The Morgan fingerprint density at radius 1 is 1.42 bits per heavy atom. The molecule has 0 saturated heterocycles. The van der Waals surface area contributed by atoms with E-state index in [0.717, 1.165) is 12.1 Å². The van der Waals surface area contributed by atoms with Crippen molar-refractivity contribution in [1.82, 2.24) is 15.4 Å². The zero-order valence-electron chi connectivity index (χ0n) is 9.91. The van der Waals surface area contributed by atoms with Gasteiger partial charge in [-0.05, 0) is 19.1 Å². The van der Waals surface area contributed by atoms with Crippen molar-refractivity contribution in [2.24, 2.45) is 5.73 Å². The molecule has 6 nitrogen and oxygen atoms in total. The molecule has 0 bridgehead atoms. The molecular weight excluding hydrogens is 258 g/mol. The Kier molecular flexibility index (Phi) is 3.41. The third kappa shape index (κ3) is 2.24. The summed E-state index contributed by atoms with van der Waals surface area (Å²) in [5.41, 5.74) is 4.65. The summed E-state index contributed by atoms with van der Waals surface area (Å²) in [7, 11) is 0. The Balaban J connectivity index is 2.60. The predicted molar refractivity (Wildman–Crippen MR) is 61.4 cm³/mol. The van der Waals surface area contributed by atoms with Crippen LogP contribution in [-0.4, -0.2) is 27.9 Å². The Labute approximate surface area is 106 Å². The second-order valence-electron chi connectivity index (χ2n) is 3.56. The number of amides is 1. The van der Waals surface area contributed by atoms with Crippen LogP contribution in [0.15, 0.2) is 12.1 Å². The molecule has 0 aliphatic rings. The lowest BCUT2D eigenvalue weighted by Crippen LogP contribution is -2.13. The van der Waals surface area contributed by atoms with E-state index in [1.807, 2.05) is 0 Å². The number of aromatic nitrogens is 3. The fraction of sp³-hybridized carbons (Fsp3) is 0.182. The second kappa shape index (κ2) is 5.01. The molecule has 1 aromatic heterocycles. The van der Waals surface area contributed by atoms with Crippen LogP contribution in [0.3, 0.4) is 0 Å². The molecule has 0 atom stereocenters. The Morgan fingerprint density at radius 3 is 2.79 bits per heavy atom. The van der Waals surface area contributed by atoms with Gasteiger partial charge >= 0.3 is 0 Å². The fourth-order valence-electron chi connectivity index (χ4n) is 1.58. The molecule has 1 heterocycles. The maximum atomic E-state index is 14.1. The van der Waals surface area contributed by atoms with Crippen molar-refractivity contribution in [2.75, 3.05) is 6.61 Å². The Hall–Kier alpha value is -2.51. The van der Waals surface area contributed by atoms with E-state index in [2.05, 4.69) is 15.4 Å². The van der Waals surface area contributed by atoms with Crippen molar-refractivity contribution in [2.45, 2.75) is 6.92 Å². The van der Waals surface area contributed by atoms with Gasteiger partial charge in [-0.2, -0.15) is 15.4 Å². The molecule has 0 aliphatic heterocycles. The molecule has 100 valence electrons. The standard InChI is InChI=1S/C11H10F2N4O2/c1-2-19-10-6(12)4-3-5(7(10)13)8-9(11(14)18)16-17-15-8/h3-4H,2H2,1H3,(H2,14,18)(H,15,16,17). The monoisotopic (exact) mass is 268 g/mol. The molecule has 0 radical (unpaired) electrons. The summed E-state index contributed by atoms with van der Waals surface area (Å²) >= 11 is 0. The third-order valence-corrected chi connectivity index (χ3v) is 2.37. The molecule has 1 amide bonds. The van der Waals surface area contributed by atoms with Crippen molar-refractivity contribution in [3.05, 3.63) is 29.5 Å². The van der Waals surface area contributed by atoms with Crippen molar-refractivity contribution in [1.29, 1.82) is 0 Å². The highest BCUT2D eigenvalue weighted by Crippen LogP contribution is 2.31. The smallest absolute Gasteiger partial charge is 0.271 e. The van der Waals surface area contributed by atoms with E-state index in [1.54, 1.807) is 6.92 Å². The van der Waals surface area contributed by atoms with Crippen molar-refractivity contribution >= 4 is 5.91 Å². The molecular formula is C11H10F2N4O2. The summed E-state index contributed by atoms with van der Waals surface area (Å²) in [6, 6.07) is 2.15. The summed E-state index contributed by atoms with van der Waals surface area (Å²) in [5, 5.41) is 9.33. The van der Waals surface area contributed by atoms with Crippen LogP contribution in [0, 0.1) is 11.6 Å². The number of hydrogen-bond acceptors (Lipinski definition) is 4. The number of halogens is 2. The van der Waals surface area contributed by atoms with E-state index in [9.17, 15) is 13.6 Å². The van der Waals surface area contributed by atoms with Gasteiger partial charge in [0.2, 0.25) is 0 Å². The van der Waals surface area contributed by atoms with Gasteiger partial charge in [-0.15, -0.1) is 0 Å². The number of carbonyl (C=O) groups excluding carboxylic acids is 1. The Bertz CT molecular complexity index is 627. The molecule has 0 spiro atoms. The zero-order chi connectivity index (χ0) is 14.0. The molecule has 0 saturated carbocycles. The van der Waals surface area contributed by atoms with Gasteiger partial charge in [-0.1, -0.05) is 0 Å². The summed E-state index contributed by atoms with van der Waals surface area (Å²) in [6.07, 6.45) is 0. The SMILES string of the molecule is CCOc1c(F)ccc(-c2n[nH]nc2C(N)=O)c1F. The van der Waals surface area contributed by atoms with Crippen molar-refractivity contribution < 1.29 is 18.3 Å². The van der Waals surface area contributed by atoms with E-state index in [-0.39, 0.29) is 23.6 Å². The second-order valence-corrected chi connectivity index (χ2v) is 3.56. The van der Waals surface area contributed by atoms with E-state index in [0.29, 0.717) is 0 Å². The number of benzene rings is 1. The van der Waals surface area contributed by atoms with Crippen LogP contribution in [0.2, 0.25) is 0 Å². The van der Waals surface area contributed by atoms with Crippen molar-refractivity contribution in [3.8, 4) is 17.0 Å². The van der Waals surface area contributed by atoms with Gasteiger partial charge in [0.05, 0.1) is 6.61 Å². The molecule has 19 heavy (non-hydrogen) atoms. The lowest BCUT2D eigenvalue weighted by molar-refractivity contribution is 0.0996. The van der Waals surface area contributed by atoms with E-state index in [1.165, 1.54) is 0 Å². The number of aromatic amines is 1. The van der Waals surface area contributed by atoms with Gasteiger partial charge in [0.25, 0.3) is 5.91 Å². The van der Waals surface area contributed by atoms with Gasteiger partial charge in [-0.3, -0.25) is 4.79 Å². The normalized spacial score (nSPS) is 10.5. The molecule has 0 unspecified atom stereocenters. The number of rotatable bonds is 4. The molecule has 2 rings (SSSR count). The first kappa shape index (κ1) is 12.9. The minimum atomic E-state index is -0.960. The van der Waals surface area contributed by atoms with Gasteiger partial charge in [0, 0.05) is 5.56 Å². The number of ether oxygens (including phenoxy) is 1. The van der Waals surface area contributed by atoms with Crippen LogP contribution in [0.4, 0.5) is 8.78 Å². The first-order chi connectivity index (χ1) is 9.06. The molecule has 8 heteroatoms. The maximum Gasteiger partial charge on any atom is 0.271 e. The van der Waals surface area contributed by atoms with Crippen LogP contribution >= 0.6 is 0 Å². The average Bonchev–Trinajstić information content (AvgIpc) is 2.83. The van der Waals surface area contributed by atoms with Gasteiger partial charge < -0.3 is 10.5 Å². The average molecular weight is 268 g/mol. The highest BCUT2D eigenvalue weighted by molar-refractivity contribution is 5.96. The molecule has 0 aliphatic carbocycles. The van der Waals surface area contributed by atoms with Gasteiger partial charge in [0.15, 0.2) is 23.1 Å². The number of nitrogens with one attached hydrogen (secondary N) is 1. The fourth-order valence-corrected chi connectivity index (χ4v) is 1.58. The maximum absolute atomic E-state index is 14.1. The topological polar surface area (TPSA) is 93.9 Å². The minimum Gasteiger partial charge on any atom is -0.488 e. The number of H-pyrrole nitrogens is 1. The summed E-state index contributed by atoms with van der Waals surface area (Å²) < 4.78 is 32.4. The first-order valence-electron chi connectivity index (χ1n) is 5.38. The van der Waals surface area contributed by atoms with Crippen LogP contribution in [0.25, 0.3) is 11.3 Å². The first-order valence-corrected chi connectivity index (χ1v) is 5.38. The predicted octanol–water partition coefficient (Wildman–Crippen LogP) is 1.25. The van der Waals surface area contributed by atoms with Crippen LogP contribution in [0.5, 0.6) is 5.75 Å². The summed E-state index contributed by atoms with van der Waals surface area (Å²) in [6.45, 7) is 1.69. The van der Waals surface area contributed by atoms with Crippen LogP contribution in [0.1, 0.15) is 17.4 Å². The summed E-state index contributed by atoms with van der Waals surface area (Å²) in [4.78, 5) is 11.1. The van der Waals surface area contributed by atoms with Gasteiger partial charge in [-0.25, -0.2) is 8.78 Å². The third-order valence-electron chi connectivity index (χ3n) is 2.37. The lowest BCUT2D eigenvalue weighted by atomic mass is 10.1. The highest BCUT2D eigenvalue weighted by Gasteiger charge is 2.22. The molecule has 0 fully saturated rings. The van der Waals surface area contributed by atoms with Crippen LogP contribution in [-0.2, 0) is 0 Å². The summed E-state index contributed by atoms with van der Waals surface area (Å²) in [5.74, 6) is -3.20. The lowest BCUT2D eigenvalue weighted by Gasteiger charge is -2.08. The largest absolute Gasteiger partial charge is 0.488 e. The highest BCUT2D eigenvalue weighted by atomic mass is 19.1. The number of hydrogen-bond donors (Lipinski definition) is 2. The molecule has 3 N–H and O–H groups in total. The number of carbonyl (C=O) groups is 1. The van der Waals surface area contributed by atoms with Gasteiger partial charge in [0.1, 0.15) is 5.69 Å². The quantitative estimate of drug-likeness (QED) is 0.872. The molecule has 1 aromatic carbocycles. The van der Waals surface area contributed by atoms with E-state index < -0.39 is 23.3 Å². The Morgan fingerprint density at radius 2 is 2.16 bits per heavy atom. The molecule has 2 aromatic rings. The number of nitrogens with two attached hydrogens (primary N) is 1. The minimum absolute atomic E-state index is 0.0917. The number of nitrogens with zero attached hydrogens (tertiary/aromatic N) is 2. The van der Waals surface area contributed by atoms with E-state index >= 15 is 0 Å². The number of primary amides is 1. The zero-order valence-corrected chi connectivity index (χ0v) is 9.91.